The molecule has 0 radical (unpaired) electrons. The molecule has 2 aromatic rings. The number of aryl methyl sites for hydroxylation is 1. The van der Waals surface area contributed by atoms with Crippen molar-refractivity contribution in [2.75, 3.05) is 0 Å². The van der Waals surface area contributed by atoms with Crippen molar-refractivity contribution in [1.82, 2.24) is 19.8 Å². The van der Waals surface area contributed by atoms with Gasteiger partial charge in [-0.1, -0.05) is 13.3 Å². The van der Waals surface area contributed by atoms with E-state index in [1.165, 1.54) is 16.5 Å². The lowest BCUT2D eigenvalue weighted by Gasteiger charge is -1.96. The first-order valence-corrected chi connectivity index (χ1v) is 4.05. The summed E-state index contributed by atoms with van der Waals surface area (Å²) >= 11 is 0. The highest BCUT2D eigenvalue weighted by molar-refractivity contribution is 5.36. The average molecular weight is 162 g/mol. The normalized spacial score (nSPS) is 10.8. The number of fused-ring (bicyclic) bond motifs is 1. The highest BCUT2D eigenvalue weighted by Gasteiger charge is 1.97. The van der Waals surface area contributed by atoms with Gasteiger partial charge in [-0.3, -0.25) is 0 Å². The summed E-state index contributed by atoms with van der Waals surface area (Å²) in [7, 11) is 0. The predicted molar refractivity (Wildman–Crippen MR) is 44.8 cm³/mol. The molecule has 0 aliphatic carbocycles. The molecule has 0 aliphatic rings. The van der Waals surface area contributed by atoms with E-state index in [0.29, 0.717) is 0 Å². The summed E-state index contributed by atoms with van der Waals surface area (Å²) in [5, 5.41) is 8.02. The summed E-state index contributed by atoms with van der Waals surface area (Å²) in [6.45, 7) is 2.15. The van der Waals surface area contributed by atoms with Gasteiger partial charge < -0.3 is 0 Å². The summed E-state index contributed by atoms with van der Waals surface area (Å²) in [5.74, 6) is 0. The fraction of sp³-hybridized carbons (Fsp3) is 0.375. The Morgan fingerprint density at radius 2 is 2.33 bits per heavy atom. The van der Waals surface area contributed by atoms with E-state index >= 15 is 0 Å². The van der Waals surface area contributed by atoms with E-state index in [-0.39, 0.29) is 0 Å². The van der Waals surface area contributed by atoms with Gasteiger partial charge in [-0.25, -0.2) is 4.98 Å². The van der Waals surface area contributed by atoms with E-state index in [4.69, 9.17) is 0 Å². The van der Waals surface area contributed by atoms with Crippen molar-refractivity contribution in [3.8, 4) is 0 Å². The first kappa shape index (κ1) is 7.21. The molecule has 12 heavy (non-hydrogen) atoms. The first-order valence-electron chi connectivity index (χ1n) is 4.05. The zero-order valence-electron chi connectivity index (χ0n) is 6.94. The Hall–Kier alpha value is -1.45. The standard InChI is InChI=1S/C8H10N4/c1-2-3-7-4-8-9-6-11-12(8)10-5-7/h4-6H,2-3H2,1H3. The maximum Gasteiger partial charge on any atom is 0.176 e. The van der Waals surface area contributed by atoms with Crippen LogP contribution in [-0.2, 0) is 6.42 Å². The van der Waals surface area contributed by atoms with E-state index in [1.54, 1.807) is 0 Å². The van der Waals surface area contributed by atoms with Crippen molar-refractivity contribution < 1.29 is 0 Å². The molecule has 2 rings (SSSR count). The number of rotatable bonds is 2. The van der Waals surface area contributed by atoms with Crippen molar-refractivity contribution in [2.24, 2.45) is 0 Å². The highest BCUT2D eigenvalue weighted by Crippen LogP contribution is 2.03. The quantitative estimate of drug-likeness (QED) is 0.663. The van der Waals surface area contributed by atoms with Gasteiger partial charge in [0.2, 0.25) is 0 Å². The summed E-state index contributed by atoms with van der Waals surface area (Å²) in [6, 6.07) is 2.02. The Balaban J connectivity index is 2.46. The second-order valence-corrected chi connectivity index (χ2v) is 2.72. The fourth-order valence-electron chi connectivity index (χ4n) is 1.19. The largest absolute Gasteiger partial charge is 0.213 e. The van der Waals surface area contributed by atoms with Gasteiger partial charge in [0.15, 0.2) is 5.65 Å². The van der Waals surface area contributed by atoms with Crippen LogP contribution in [0.15, 0.2) is 18.6 Å². The summed E-state index contributed by atoms with van der Waals surface area (Å²) in [4.78, 5) is 4.05. The van der Waals surface area contributed by atoms with Gasteiger partial charge >= 0.3 is 0 Å². The molecular weight excluding hydrogens is 152 g/mol. The van der Waals surface area contributed by atoms with Crippen LogP contribution in [0, 0.1) is 0 Å². The Morgan fingerprint density at radius 3 is 3.17 bits per heavy atom. The van der Waals surface area contributed by atoms with Gasteiger partial charge in [0.1, 0.15) is 6.33 Å². The van der Waals surface area contributed by atoms with Crippen LogP contribution in [0.3, 0.4) is 0 Å². The zero-order valence-corrected chi connectivity index (χ0v) is 6.94. The van der Waals surface area contributed by atoms with Crippen LogP contribution in [-0.4, -0.2) is 19.8 Å². The van der Waals surface area contributed by atoms with Crippen LogP contribution < -0.4 is 0 Å². The lowest BCUT2D eigenvalue weighted by atomic mass is 10.2. The van der Waals surface area contributed by atoms with E-state index in [1.807, 2.05) is 12.3 Å². The van der Waals surface area contributed by atoms with Crippen LogP contribution in [0.1, 0.15) is 18.9 Å². The monoisotopic (exact) mass is 162 g/mol. The SMILES string of the molecule is CCCc1cnn2ncnc2c1. The van der Waals surface area contributed by atoms with Gasteiger partial charge in [-0.15, -0.1) is 9.73 Å². The van der Waals surface area contributed by atoms with Crippen LogP contribution in [0.25, 0.3) is 5.65 Å². The molecule has 0 bridgehead atoms. The lowest BCUT2D eigenvalue weighted by molar-refractivity contribution is 0.784. The molecule has 0 atom stereocenters. The van der Waals surface area contributed by atoms with E-state index in [0.717, 1.165) is 18.5 Å². The molecule has 0 aromatic carbocycles. The van der Waals surface area contributed by atoms with Crippen LogP contribution in [0.2, 0.25) is 0 Å². The molecular formula is C8H10N4. The molecule has 0 spiro atoms. The fourth-order valence-corrected chi connectivity index (χ4v) is 1.19. The zero-order chi connectivity index (χ0) is 8.39. The molecule has 0 N–H and O–H groups in total. The van der Waals surface area contributed by atoms with Crippen molar-refractivity contribution in [3.63, 3.8) is 0 Å². The third kappa shape index (κ3) is 1.15. The molecule has 62 valence electrons. The Kier molecular flexibility index (Phi) is 1.74. The number of aromatic nitrogens is 4. The minimum absolute atomic E-state index is 0.820. The van der Waals surface area contributed by atoms with Crippen molar-refractivity contribution >= 4 is 5.65 Å². The Labute approximate surface area is 70.2 Å². The second-order valence-electron chi connectivity index (χ2n) is 2.72. The Morgan fingerprint density at radius 1 is 1.42 bits per heavy atom. The second kappa shape index (κ2) is 2.89. The predicted octanol–water partition coefficient (Wildman–Crippen LogP) is 1.08. The van der Waals surface area contributed by atoms with Crippen molar-refractivity contribution in [3.05, 3.63) is 24.2 Å². The van der Waals surface area contributed by atoms with Crippen molar-refractivity contribution in [1.29, 1.82) is 0 Å². The molecule has 0 saturated heterocycles. The number of nitrogens with zero attached hydrogens (tertiary/aromatic N) is 4. The van der Waals surface area contributed by atoms with Gasteiger partial charge in [-0.2, -0.15) is 5.10 Å². The molecule has 2 aromatic heterocycles. The smallest absolute Gasteiger partial charge is 0.176 e. The molecule has 0 amide bonds. The van der Waals surface area contributed by atoms with E-state index in [9.17, 15) is 0 Å². The van der Waals surface area contributed by atoms with Gasteiger partial charge in [0, 0.05) is 0 Å². The van der Waals surface area contributed by atoms with Gasteiger partial charge in [0.05, 0.1) is 6.20 Å². The maximum atomic E-state index is 4.10. The molecule has 0 fully saturated rings. The topological polar surface area (TPSA) is 43.1 Å². The van der Waals surface area contributed by atoms with Crippen molar-refractivity contribution in [2.45, 2.75) is 19.8 Å². The summed E-state index contributed by atoms with van der Waals surface area (Å²) in [5.41, 5.74) is 2.04. The van der Waals surface area contributed by atoms with Gasteiger partial charge in [-0.05, 0) is 18.1 Å². The number of hydrogen-bond acceptors (Lipinski definition) is 3. The molecule has 0 aliphatic heterocycles. The minimum Gasteiger partial charge on any atom is -0.213 e. The lowest BCUT2D eigenvalue weighted by Crippen LogP contribution is -1.95. The summed E-state index contributed by atoms with van der Waals surface area (Å²) in [6.07, 6.45) is 5.53. The van der Waals surface area contributed by atoms with Crippen LogP contribution >= 0.6 is 0 Å². The number of hydrogen-bond donors (Lipinski definition) is 0. The maximum absolute atomic E-state index is 4.10. The first-order chi connectivity index (χ1) is 5.90. The molecule has 0 unspecified atom stereocenters. The molecule has 4 nitrogen and oxygen atoms in total. The third-order valence-electron chi connectivity index (χ3n) is 1.74. The molecule has 4 heteroatoms. The van der Waals surface area contributed by atoms with Crippen LogP contribution in [0.4, 0.5) is 0 Å². The summed E-state index contributed by atoms with van der Waals surface area (Å²) < 4.78 is 1.53. The van der Waals surface area contributed by atoms with Crippen LogP contribution in [0.5, 0.6) is 0 Å². The Bertz CT molecular complexity index is 379. The molecule has 2 heterocycles. The van der Waals surface area contributed by atoms with Gasteiger partial charge in [0.25, 0.3) is 0 Å². The van der Waals surface area contributed by atoms with E-state index < -0.39 is 0 Å². The average Bonchev–Trinajstić information content (AvgIpc) is 2.51. The molecule has 0 saturated carbocycles. The minimum atomic E-state index is 0.820. The third-order valence-corrected chi connectivity index (χ3v) is 1.74. The highest BCUT2D eigenvalue weighted by atomic mass is 15.4. The van der Waals surface area contributed by atoms with E-state index in [2.05, 4.69) is 22.1 Å².